The van der Waals surface area contributed by atoms with Crippen molar-refractivity contribution in [3.05, 3.63) is 132 Å². The van der Waals surface area contributed by atoms with Gasteiger partial charge >= 0.3 is 0 Å². The second-order valence-electron chi connectivity index (χ2n) is 12.6. The first-order valence-electron chi connectivity index (χ1n) is 15.1. The summed E-state index contributed by atoms with van der Waals surface area (Å²) in [6.45, 7) is 13.1. The number of aliphatic imine (C=N–C) groups is 1. The van der Waals surface area contributed by atoms with E-state index in [0.29, 0.717) is 5.90 Å². The zero-order valence-electron chi connectivity index (χ0n) is 25.7. The van der Waals surface area contributed by atoms with Gasteiger partial charge in [-0.2, -0.15) is 0 Å². The first kappa shape index (κ1) is 27.2. The number of ether oxygens (including phenoxy) is 1. The zero-order valence-corrected chi connectivity index (χ0v) is 25.7. The lowest BCUT2D eigenvalue weighted by atomic mass is 9.72. The molecule has 0 aliphatic carbocycles. The van der Waals surface area contributed by atoms with Crippen LogP contribution in [-0.4, -0.2) is 21.0 Å². The molecule has 1 aliphatic rings. The lowest BCUT2D eigenvalue weighted by molar-refractivity contribution is 0.00858. The lowest BCUT2D eigenvalue weighted by Gasteiger charge is -2.40. The van der Waals surface area contributed by atoms with E-state index < -0.39 is 11.1 Å². The van der Waals surface area contributed by atoms with E-state index in [1.54, 1.807) is 0 Å². The summed E-state index contributed by atoms with van der Waals surface area (Å²) in [7, 11) is 0. The Balaban J connectivity index is 1.42. The number of hydrogen-bond donors (Lipinski definition) is 0. The van der Waals surface area contributed by atoms with Crippen LogP contribution in [-0.2, 0) is 10.3 Å². The molecule has 0 saturated heterocycles. The highest BCUT2D eigenvalue weighted by atomic mass is 16.5. The summed E-state index contributed by atoms with van der Waals surface area (Å²) in [5.74, 6) is 0.961. The fourth-order valence-corrected chi connectivity index (χ4v) is 6.67. The molecule has 0 fully saturated rings. The van der Waals surface area contributed by atoms with Crippen LogP contribution in [0.4, 0.5) is 0 Å². The van der Waals surface area contributed by atoms with E-state index in [9.17, 15) is 0 Å². The second kappa shape index (κ2) is 9.95. The van der Waals surface area contributed by atoms with Gasteiger partial charge < -0.3 is 9.30 Å². The highest BCUT2D eigenvalue weighted by Gasteiger charge is 2.55. The quantitative estimate of drug-likeness (QED) is 0.209. The normalized spacial score (nSPS) is 20.1. The van der Waals surface area contributed by atoms with Gasteiger partial charge in [-0.1, -0.05) is 74.5 Å². The highest BCUT2D eigenvalue weighted by Crippen LogP contribution is 2.49. The van der Waals surface area contributed by atoms with Gasteiger partial charge in [-0.3, -0.25) is 4.98 Å². The molecule has 6 aromatic rings. The van der Waals surface area contributed by atoms with Gasteiger partial charge in [0.05, 0.1) is 16.7 Å². The number of aryl methyl sites for hydroxylation is 2. The molecule has 214 valence electrons. The molecule has 0 radical (unpaired) electrons. The molecule has 4 aromatic carbocycles. The second-order valence-corrected chi connectivity index (χ2v) is 12.6. The van der Waals surface area contributed by atoms with E-state index >= 15 is 0 Å². The molecule has 0 N–H and O–H groups in total. The standard InChI is InChI=1S/C39H37N3O/c1-25(2)38(5)39(6,30-12-8-7-9-13-30)43-37(41-38)29-20-27(4)21-31(23-29)42-35-15-11-10-14-32(35)33-17-16-28(24-36(33)42)34-22-26(3)18-19-40-34/h7-25H,1-6H3/t38-,39-/m1/s1. The molecular weight excluding hydrogens is 526 g/mol. The van der Waals surface area contributed by atoms with Crippen molar-refractivity contribution in [3.63, 3.8) is 0 Å². The van der Waals surface area contributed by atoms with Crippen LogP contribution in [0, 0.1) is 19.8 Å². The zero-order chi connectivity index (χ0) is 29.9. The van der Waals surface area contributed by atoms with Crippen molar-refractivity contribution < 1.29 is 4.74 Å². The van der Waals surface area contributed by atoms with Gasteiger partial charge in [0, 0.05) is 33.8 Å². The average molecular weight is 564 g/mol. The molecular formula is C39H37N3O. The molecule has 3 heterocycles. The first-order chi connectivity index (χ1) is 20.7. The van der Waals surface area contributed by atoms with Crippen molar-refractivity contribution in [2.45, 2.75) is 52.7 Å². The molecule has 4 nitrogen and oxygen atoms in total. The summed E-state index contributed by atoms with van der Waals surface area (Å²) in [4.78, 5) is 10.0. The van der Waals surface area contributed by atoms with Gasteiger partial charge in [0.15, 0.2) is 5.60 Å². The van der Waals surface area contributed by atoms with E-state index in [1.807, 2.05) is 12.3 Å². The maximum Gasteiger partial charge on any atom is 0.217 e. The molecule has 7 rings (SSSR count). The minimum absolute atomic E-state index is 0.269. The van der Waals surface area contributed by atoms with E-state index in [0.717, 1.165) is 39.2 Å². The number of para-hydroxylation sites is 1. The van der Waals surface area contributed by atoms with Gasteiger partial charge in [-0.05, 0) is 92.8 Å². The third-order valence-electron chi connectivity index (χ3n) is 9.50. The third-order valence-corrected chi connectivity index (χ3v) is 9.50. The smallest absolute Gasteiger partial charge is 0.217 e. The predicted octanol–water partition coefficient (Wildman–Crippen LogP) is 9.57. The minimum Gasteiger partial charge on any atom is -0.464 e. The van der Waals surface area contributed by atoms with Gasteiger partial charge in [0.1, 0.15) is 5.54 Å². The molecule has 0 unspecified atom stereocenters. The van der Waals surface area contributed by atoms with Crippen molar-refractivity contribution in [2.75, 3.05) is 0 Å². The van der Waals surface area contributed by atoms with Gasteiger partial charge in [0.2, 0.25) is 5.90 Å². The number of hydrogen-bond acceptors (Lipinski definition) is 3. The van der Waals surface area contributed by atoms with Crippen LogP contribution < -0.4 is 0 Å². The maximum atomic E-state index is 6.92. The fraction of sp³-hybridized carbons (Fsp3) is 0.231. The number of pyridine rings is 1. The van der Waals surface area contributed by atoms with E-state index in [1.165, 1.54) is 21.9 Å². The van der Waals surface area contributed by atoms with Gasteiger partial charge in [0.25, 0.3) is 0 Å². The molecule has 1 aliphatic heterocycles. The van der Waals surface area contributed by atoms with Crippen molar-refractivity contribution in [3.8, 4) is 16.9 Å². The number of rotatable bonds is 5. The summed E-state index contributed by atoms with van der Waals surface area (Å²) in [6.07, 6.45) is 1.88. The third kappa shape index (κ3) is 4.27. The summed E-state index contributed by atoms with van der Waals surface area (Å²) in [5, 5.41) is 2.44. The van der Waals surface area contributed by atoms with Crippen LogP contribution in [0.2, 0.25) is 0 Å². The Morgan fingerprint density at radius 2 is 1.44 bits per heavy atom. The SMILES string of the molecule is Cc1cc(C2=N[C@](C)(C(C)C)[C@@](C)(c3ccccc3)O2)cc(-n2c3ccccc3c3ccc(-c4cc(C)ccn4)cc32)c1. The topological polar surface area (TPSA) is 39.4 Å². The summed E-state index contributed by atoms with van der Waals surface area (Å²) >= 11 is 0. The molecule has 0 amide bonds. The van der Waals surface area contributed by atoms with Crippen molar-refractivity contribution in [1.29, 1.82) is 0 Å². The fourth-order valence-electron chi connectivity index (χ4n) is 6.67. The number of fused-ring (bicyclic) bond motifs is 3. The summed E-state index contributed by atoms with van der Waals surface area (Å²) < 4.78 is 9.29. The molecule has 2 aromatic heterocycles. The Kier molecular flexibility index (Phi) is 6.28. The molecule has 0 spiro atoms. The summed E-state index contributed by atoms with van der Waals surface area (Å²) in [6, 6.07) is 36.7. The van der Waals surface area contributed by atoms with Crippen molar-refractivity contribution in [2.24, 2.45) is 10.9 Å². The molecule has 2 atom stereocenters. The lowest BCUT2D eigenvalue weighted by Crippen LogP contribution is -2.47. The van der Waals surface area contributed by atoms with Gasteiger partial charge in [-0.15, -0.1) is 0 Å². The summed E-state index contributed by atoms with van der Waals surface area (Å²) in [5.41, 5.74) is 8.92. The van der Waals surface area contributed by atoms with E-state index in [-0.39, 0.29) is 5.92 Å². The maximum absolute atomic E-state index is 6.92. The minimum atomic E-state index is -0.593. The van der Waals surface area contributed by atoms with Crippen LogP contribution >= 0.6 is 0 Å². The Labute approximate surface area is 253 Å². The Hall–Kier alpha value is -4.70. The number of nitrogens with zero attached hydrogens (tertiary/aromatic N) is 3. The number of benzene rings is 4. The Morgan fingerprint density at radius 1 is 0.698 bits per heavy atom. The Bertz CT molecular complexity index is 2040. The first-order valence-corrected chi connectivity index (χ1v) is 15.1. The van der Waals surface area contributed by atoms with Crippen LogP contribution in [0.5, 0.6) is 0 Å². The molecule has 0 saturated carbocycles. The van der Waals surface area contributed by atoms with Crippen molar-refractivity contribution >= 4 is 27.7 Å². The molecule has 0 bridgehead atoms. The molecule has 4 heteroatoms. The predicted molar refractivity (Wildman–Crippen MR) is 178 cm³/mol. The van der Waals surface area contributed by atoms with Crippen LogP contribution in [0.15, 0.2) is 114 Å². The number of aromatic nitrogens is 2. The highest BCUT2D eigenvalue weighted by molar-refractivity contribution is 6.10. The molecule has 43 heavy (non-hydrogen) atoms. The van der Waals surface area contributed by atoms with E-state index in [2.05, 4.69) is 148 Å². The van der Waals surface area contributed by atoms with Crippen molar-refractivity contribution in [1.82, 2.24) is 9.55 Å². The van der Waals surface area contributed by atoms with Gasteiger partial charge in [-0.25, -0.2) is 4.99 Å². The largest absolute Gasteiger partial charge is 0.464 e. The van der Waals surface area contributed by atoms with Crippen LogP contribution in [0.3, 0.4) is 0 Å². The van der Waals surface area contributed by atoms with E-state index in [4.69, 9.17) is 9.73 Å². The Morgan fingerprint density at radius 3 is 2.21 bits per heavy atom. The monoisotopic (exact) mass is 563 g/mol. The van der Waals surface area contributed by atoms with Crippen LogP contribution in [0.1, 0.15) is 49.9 Å². The van der Waals surface area contributed by atoms with Crippen LogP contribution in [0.25, 0.3) is 38.8 Å². The average Bonchev–Trinajstić information content (AvgIpc) is 3.49.